The molecule has 0 atom stereocenters. The molecule has 0 amide bonds. The van der Waals surface area contributed by atoms with Gasteiger partial charge in [0.15, 0.2) is 0 Å². The van der Waals surface area contributed by atoms with Crippen molar-refractivity contribution in [3.05, 3.63) is 51.8 Å². The van der Waals surface area contributed by atoms with Crippen LogP contribution in [0.1, 0.15) is 20.8 Å². The molecule has 1 aromatic carbocycles. The van der Waals surface area contributed by atoms with E-state index in [1.54, 1.807) is 19.2 Å². The van der Waals surface area contributed by atoms with Crippen molar-refractivity contribution in [2.24, 2.45) is 7.05 Å². The maximum absolute atomic E-state index is 12.6. The number of aromatic nitrogens is 2. The molecule has 0 spiro atoms. The van der Waals surface area contributed by atoms with E-state index in [1.165, 1.54) is 17.9 Å². The molecule has 1 aliphatic rings. The van der Waals surface area contributed by atoms with Crippen LogP contribution < -0.4 is 10.1 Å². The number of anilines is 1. The fraction of sp³-hybridized carbons (Fsp3) is 0.133. The first-order valence-electron chi connectivity index (χ1n) is 6.45. The van der Waals surface area contributed by atoms with Gasteiger partial charge < -0.3 is 10.1 Å². The minimum Gasteiger partial charge on any atom is -0.479 e. The summed E-state index contributed by atoms with van der Waals surface area (Å²) in [5, 5.41) is 7.02. The number of benzene rings is 1. The lowest BCUT2D eigenvalue weighted by Gasteiger charge is -2.14. The van der Waals surface area contributed by atoms with Crippen molar-refractivity contribution in [2.45, 2.75) is 0 Å². The van der Waals surface area contributed by atoms with Gasteiger partial charge in [-0.2, -0.15) is 0 Å². The first-order valence-corrected chi connectivity index (χ1v) is 7.25. The minimum absolute atomic E-state index is 0.152. The van der Waals surface area contributed by atoms with E-state index in [1.807, 2.05) is 12.1 Å². The van der Waals surface area contributed by atoms with Crippen molar-refractivity contribution in [1.82, 2.24) is 9.78 Å². The van der Waals surface area contributed by atoms with Crippen LogP contribution in [0.25, 0.3) is 0 Å². The summed E-state index contributed by atoms with van der Waals surface area (Å²) in [4.78, 5) is 24.8. The molecule has 7 heteroatoms. The van der Waals surface area contributed by atoms with Crippen molar-refractivity contribution < 1.29 is 14.3 Å². The number of methoxy groups -OCH3 is 1. The number of ketones is 2. The number of fused-ring (bicyclic) bond motifs is 1. The summed E-state index contributed by atoms with van der Waals surface area (Å²) < 4.78 is 7.39. The summed E-state index contributed by atoms with van der Waals surface area (Å²) in [5.41, 5.74) is 1.34. The molecule has 0 bridgehead atoms. The van der Waals surface area contributed by atoms with E-state index in [-0.39, 0.29) is 34.4 Å². The number of hydrogen-bond donors (Lipinski definition) is 1. The number of nitrogens with zero attached hydrogens (tertiary/aromatic N) is 2. The predicted octanol–water partition coefficient (Wildman–Crippen LogP) is 2.57. The Morgan fingerprint density at radius 2 is 1.91 bits per heavy atom. The van der Waals surface area contributed by atoms with Gasteiger partial charge in [-0.15, -0.1) is 5.10 Å². The highest BCUT2D eigenvalue weighted by Crippen LogP contribution is 2.29. The number of ether oxygens (including phenoxy) is 1. The molecule has 1 aromatic heterocycles. The van der Waals surface area contributed by atoms with Gasteiger partial charge in [0.25, 0.3) is 0 Å². The SMILES string of the molecule is COc1nn(C)c2c1C(=O)C(Nc1ccc(Br)cc1)=CC2=O. The highest BCUT2D eigenvalue weighted by atomic mass is 79.9. The Morgan fingerprint density at radius 3 is 2.55 bits per heavy atom. The topological polar surface area (TPSA) is 73.2 Å². The molecule has 0 fully saturated rings. The van der Waals surface area contributed by atoms with E-state index >= 15 is 0 Å². The number of aryl methyl sites for hydroxylation is 1. The number of allylic oxidation sites excluding steroid dienone is 2. The molecule has 1 N–H and O–H groups in total. The number of halogens is 1. The molecule has 1 heterocycles. The fourth-order valence-corrected chi connectivity index (χ4v) is 2.58. The number of hydrogen-bond acceptors (Lipinski definition) is 5. The van der Waals surface area contributed by atoms with Crippen LogP contribution in [0.4, 0.5) is 5.69 Å². The third kappa shape index (κ3) is 2.33. The van der Waals surface area contributed by atoms with Gasteiger partial charge in [-0.1, -0.05) is 15.9 Å². The van der Waals surface area contributed by atoms with Crippen LogP contribution in [0.2, 0.25) is 0 Å². The van der Waals surface area contributed by atoms with E-state index in [0.29, 0.717) is 5.69 Å². The standard InChI is InChI=1S/C15H12BrN3O3/c1-19-13-11(20)7-10(14(21)12(13)15(18-19)22-2)17-9-5-3-8(16)4-6-9/h3-7,17H,1-2H3. The molecule has 112 valence electrons. The van der Waals surface area contributed by atoms with E-state index in [9.17, 15) is 9.59 Å². The third-order valence-corrected chi connectivity index (χ3v) is 3.84. The van der Waals surface area contributed by atoms with E-state index < -0.39 is 0 Å². The van der Waals surface area contributed by atoms with Crippen molar-refractivity contribution >= 4 is 33.2 Å². The summed E-state index contributed by atoms with van der Waals surface area (Å²) in [5.74, 6) is -0.450. The first-order chi connectivity index (χ1) is 10.5. The molecule has 0 aliphatic heterocycles. The first kappa shape index (κ1) is 14.5. The van der Waals surface area contributed by atoms with Gasteiger partial charge in [0.05, 0.1) is 12.8 Å². The summed E-state index contributed by atoms with van der Waals surface area (Å²) >= 11 is 3.34. The largest absolute Gasteiger partial charge is 0.479 e. The van der Waals surface area contributed by atoms with Crippen LogP contribution in [0.5, 0.6) is 5.88 Å². The smallest absolute Gasteiger partial charge is 0.244 e. The zero-order chi connectivity index (χ0) is 15.9. The second-order valence-electron chi connectivity index (χ2n) is 4.74. The Hall–Kier alpha value is -2.41. The zero-order valence-corrected chi connectivity index (χ0v) is 13.5. The predicted molar refractivity (Wildman–Crippen MR) is 84.3 cm³/mol. The van der Waals surface area contributed by atoms with Gasteiger partial charge in [-0.25, -0.2) is 0 Å². The number of rotatable bonds is 3. The molecule has 22 heavy (non-hydrogen) atoms. The van der Waals surface area contributed by atoms with Crippen molar-refractivity contribution in [3.8, 4) is 5.88 Å². The second kappa shape index (κ2) is 5.42. The Balaban J connectivity index is 1.99. The highest BCUT2D eigenvalue weighted by molar-refractivity contribution is 9.10. The highest BCUT2D eigenvalue weighted by Gasteiger charge is 2.33. The quantitative estimate of drug-likeness (QED) is 0.909. The van der Waals surface area contributed by atoms with Gasteiger partial charge in [-0.05, 0) is 24.3 Å². The average molecular weight is 362 g/mol. The zero-order valence-electron chi connectivity index (χ0n) is 11.9. The molecule has 1 aliphatic carbocycles. The van der Waals surface area contributed by atoms with Crippen LogP contribution in [0.15, 0.2) is 40.5 Å². The number of Topliss-reactive ketones (excluding diaryl/α,β-unsaturated/α-hetero) is 1. The van der Waals surface area contributed by atoms with Gasteiger partial charge >= 0.3 is 0 Å². The van der Waals surface area contributed by atoms with Crippen LogP contribution >= 0.6 is 15.9 Å². The van der Waals surface area contributed by atoms with E-state index in [2.05, 4.69) is 26.3 Å². The van der Waals surface area contributed by atoms with Gasteiger partial charge in [0.2, 0.25) is 17.4 Å². The van der Waals surface area contributed by atoms with Gasteiger partial charge in [0.1, 0.15) is 11.3 Å². The van der Waals surface area contributed by atoms with Crippen LogP contribution in [-0.4, -0.2) is 28.5 Å². The lowest BCUT2D eigenvalue weighted by Crippen LogP contribution is -2.22. The molecule has 0 radical (unpaired) electrons. The monoisotopic (exact) mass is 361 g/mol. The van der Waals surface area contributed by atoms with Crippen LogP contribution in [0, 0.1) is 0 Å². The van der Waals surface area contributed by atoms with Crippen LogP contribution in [0.3, 0.4) is 0 Å². The number of carbonyl (C=O) groups is 2. The van der Waals surface area contributed by atoms with Crippen molar-refractivity contribution in [3.63, 3.8) is 0 Å². The summed E-state index contributed by atoms with van der Waals surface area (Å²) in [6, 6.07) is 7.29. The lowest BCUT2D eigenvalue weighted by molar-refractivity contribution is 0.0979. The molecule has 0 unspecified atom stereocenters. The number of carbonyl (C=O) groups excluding carboxylic acids is 2. The molecule has 2 aromatic rings. The molecule has 6 nitrogen and oxygen atoms in total. The van der Waals surface area contributed by atoms with Crippen molar-refractivity contribution in [1.29, 1.82) is 0 Å². The maximum atomic E-state index is 12.6. The Bertz CT molecular complexity index is 806. The van der Waals surface area contributed by atoms with Crippen molar-refractivity contribution in [2.75, 3.05) is 12.4 Å². The fourth-order valence-electron chi connectivity index (χ4n) is 2.31. The second-order valence-corrected chi connectivity index (χ2v) is 5.66. The molecule has 3 rings (SSSR count). The summed E-state index contributed by atoms with van der Waals surface area (Å²) in [6.45, 7) is 0. The Labute approximate surface area is 134 Å². The average Bonchev–Trinajstić information content (AvgIpc) is 2.84. The maximum Gasteiger partial charge on any atom is 0.244 e. The summed E-state index contributed by atoms with van der Waals surface area (Å²) in [6.07, 6.45) is 1.29. The van der Waals surface area contributed by atoms with Crippen LogP contribution in [-0.2, 0) is 7.05 Å². The molecule has 0 saturated heterocycles. The molecule has 0 saturated carbocycles. The van der Waals surface area contributed by atoms with Gasteiger partial charge in [-0.3, -0.25) is 14.3 Å². The lowest BCUT2D eigenvalue weighted by atomic mass is 9.98. The minimum atomic E-state index is -0.317. The number of nitrogens with one attached hydrogen (secondary N) is 1. The molecular formula is C15H12BrN3O3. The van der Waals surface area contributed by atoms with E-state index in [4.69, 9.17) is 4.74 Å². The summed E-state index contributed by atoms with van der Waals surface area (Å²) in [7, 11) is 3.02. The normalized spacial score (nSPS) is 13.7. The van der Waals surface area contributed by atoms with E-state index in [0.717, 1.165) is 4.47 Å². The molecular weight excluding hydrogens is 350 g/mol. The Kier molecular flexibility index (Phi) is 3.58. The van der Waals surface area contributed by atoms with Gasteiger partial charge in [0, 0.05) is 23.3 Å². The Morgan fingerprint density at radius 1 is 1.23 bits per heavy atom. The third-order valence-electron chi connectivity index (χ3n) is 3.31.